The minimum absolute atomic E-state index is 0.0534. The first-order valence-corrected chi connectivity index (χ1v) is 3.28. The van der Waals surface area contributed by atoms with Gasteiger partial charge in [-0.1, -0.05) is 0 Å². The average Bonchev–Trinajstić information content (AvgIpc) is 2.47. The van der Waals surface area contributed by atoms with E-state index in [-0.39, 0.29) is 6.73 Å². The van der Waals surface area contributed by atoms with E-state index in [1.165, 1.54) is 0 Å². The third kappa shape index (κ3) is 0.877. The Labute approximate surface area is 63.1 Å². The maximum Gasteiger partial charge on any atom is 0.177 e. The molecule has 0 spiro atoms. The summed E-state index contributed by atoms with van der Waals surface area (Å²) >= 11 is 0. The van der Waals surface area contributed by atoms with Gasteiger partial charge in [-0.2, -0.15) is 0 Å². The van der Waals surface area contributed by atoms with E-state index in [0.29, 0.717) is 5.65 Å². The number of imidazole rings is 1. The van der Waals surface area contributed by atoms with E-state index in [1.54, 1.807) is 17.1 Å². The first kappa shape index (κ1) is 6.30. The van der Waals surface area contributed by atoms with Crippen molar-refractivity contribution in [3.8, 4) is 0 Å². The van der Waals surface area contributed by atoms with E-state index in [0.717, 1.165) is 5.52 Å². The molecule has 4 heteroatoms. The molecule has 1 N–H and O–H groups in total. The lowest BCUT2D eigenvalue weighted by Gasteiger charge is -1.94. The highest BCUT2D eigenvalue weighted by Crippen LogP contribution is 2.07. The largest absolute Gasteiger partial charge is 0.376 e. The zero-order valence-corrected chi connectivity index (χ0v) is 5.81. The van der Waals surface area contributed by atoms with Gasteiger partial charge in [-0.25, -0.2) is 9.97 Å². The van der Waals surface area contributed by atoms with Gasteiger partial charge in [0.1, 0.15) is 6.73 Å². The molecule has 2 aromatic heterocycles. The summed E-state index contributed by atoms with van der Waals surface area (Å²) in [6, 6.07) is 3.68. The van der Waals surface area contributed by atoms with E-state index in [4.69, 9.17) is 5.11 Å². The lowest BCUT2D eigenvalue weighted by atomic mass is 10.4. The topological polar surface area (TPSA) is 50.9 Å². The van der Waals surface area contributed by atoms with E-state index in [1.807, 2.05) is 12.1 Å². The summed E-state index contributed by atoms with van der Waals surface area (Å²) in [6.07, 6.45) is 3.24. The van der Waals surface area contributed by atoms with E-state index in [2.05, 4.69) is 9.97 Å². The van der Waals surface area contributed by atoms with Crippen molar-refractivity contribution < 1.29 is 5.11 Å². The molecule has 0 bridgehead atoms. The van der Waals surface area contributed by atoms with Crippen LogP contribution in [0.25, 0.3) is 11.2 Å². The summed E-state index contributed by atoms with van der Waals surface area (Å²) in [5, 5.41) is 8.82. The Balaban J connectivity index is 2.76. The number of fused-ring (bicyclic) bond motifs is 1. The van der Waals surface area contributed by atoms with Gasteiger partial charge in [0.25, 0.3) is 0 Å². The lowest BCUT2D eigenvalue weighted by Crippen LogP contribution is -1.92. The number of hydrogen-bond acceptors (Lipinski definition) is 3. The summed E-state index contributed by atoms with van der Waals surface area (Å²) in [4.78, 5) is 7.99. The fraction of sp³-hybridized carbons (Fsp3) is 0.143. The van der Waals surface area contributed by atoms with Crippen molar-refractivity contribution in [1.29, 1.82) is 0 Å². The van der Waals surface area contributed by atoms with Crippen molar-refractivity contribution in [3.05, 3.63) is 24.7 Å². The van der Waals surface area contributed by atoms with Crippen LogP contribution in [0.4, 0.5) is 0 Å². The minimum atomic E-state index is -0.0534. The summed E-state index contributed by atoms with van der Waals surface area (Å²) in [6.45, 7) is -0.0534. The molecule has 0 atom stereocenters. The van der Waals surface area contributed by atoms with Gasteiger partial charge in [0.15, 0.2) is 5.65 Å². The lowest BCUT2D eigenvalue weighted by molar-refractivity contribution is 0.215. The van der Waals surface area contributed by atoms with Crippen molar-refractivity contribution in [3.63, 3.8) is 0 Å². The van der Waals surface area contributed by atoms with Crippen LogP contribution in [0.15, 0.2) is 24.7 Å². The number of aliphatic hydroxyl groups is 1. The van der Waals surface area contributed by atoms with Crippen molar-refractivity contribution in [2.75, 3.05) is 0 Å². The SMILES string of the molecule is OCn1cnc2ncccc21. The normalized spacial score (nSPS) is 10.6. The van der Waals surface area contributed by atoms with Crippen molar-refractivity contribution in [1.82, 2.24) is 14.5 Å². The van der Waals surface area contributed by atoms with Gasteiger partial charge in [0.05, 0.1) is 11.8 Å². The molecule has 2 aromatic rings. The summed E-state index contributed by atoms with van der Waals surface area (Å²) in [5.41, 5.74) is 1.52. The highest BCUT2D eigenvalue weighted by molar-refractivity contribution is 5.69. The molecule has 0 aliphatic rings. The monoisotopic (exact) mass is 149 g/mol. The summed E-state index contributed by atoms with van der Waals surface area (Å²) < 4.78 is 1.63. The van der Waals surface area contributed by atoms with Gasteiger partial charge < -0.3 is 9.67 Å². The van der Waals surface area contributed by atoms with Gasteiger partial charge in [0, 0.05) is 6.20 Å². The van der Waals surface area contributed by atoms with Crippen LogP contribution in [0.3, 0.4) is 0 Å². The average molecular weight is 149 g/mol. The number of hydrogen-bond donors (Lipinski definition) is 1. The second kappa shape index (κ2) is 2.32. The number of aromatic nitrogens is 3. The zero-order chi connectivity index (χ0) is 7.68. The van der Waals surface area contributed by atoms with E-state index < -0.39 is 0 Å². The van der Waals surface area contributed by atoms with Crippen LogP contribution >= 0.6 is 0 Å². The molecule has 11 heavy (non-hydrogen) atoms. The number of pyridine rings is 1. The Bertz CT molecular complexity index is 368. The van der Waals surface area contributed by atoms with E-state index in [9.17, 15) is 0 Å². The highest BCUT2D eigenvalue weighted by Gasteiger charge is 1.98. The molecule has 0 unspecified atom stereocenters. The predicted molar refractivity (Wildman–Crippen MR) is 39.7 cm³/mol. The molecule has 0 amide bonds. The van der Waals surface area contributed by atoms with Gasteiger partial charge in [-0.05, 0) is 12.1 Å². The molecule has 0 aliphatic heterocycles. The number of rotatable bonds is 1. The molecular weight excluding hydrogens is 142 g/mol. The van der Waals surface area contributed by atoms with Crippen LogP contribution in [0, 0.1) is 0 Å². The standard InChI is InChI=1S/C7H7N3O/c11-5-10-4-9-7-6(10)2-1-3-8-7/h1-4,11H,5H2. The fourth-order valence-corrected chi connectivity index (χ4v) is 1.01. The zero-order valence-electron chi connectivity index (χ0n) is 5.81. The Kier molecular flexibility index (Phi) is 1.33. The molecule has 0 aliphatic carbocycles. The first-order chi connectivity index (χ1) is 5.42. The Hall–Kier alpha value is -1.42. The van der Waals surface area contributed by atoms with Crippen molar-refractivity contribution in [2.24, 2.45) is 0 Å². The highest BCUT2D eigenvalue weighted by atomic mass is 16.3. The Morgan fingerprint density at radius 1 is 1.45 bits per heavy atom. The molecule has 4 nitrogen and oxygen atoms in total. The van der Waals surface area contributed by atoms with Crippen LogP contribution in [0.2, 0.25) is 0 Å². The van der Waals surface area contributed by atoms with Gasteiger partial charge in [-0.15, -0.1) is 0 Å². The maximum atomic E-state index is 8.82. The molecule has 0 radical (unpaired) electrons. The van der Waals surface area contributed by atoms with Crippen molar-refractivity contribution >= 4 is 11.2 Å². The Morgan fingerprint density at radius 2 is 2.36 bits per heavy atom. The molecule has 2 heterocycles. The van der Waals surface area contributed by atoms with E-state index >= 15 is 0 Å². The van der Waals surface area contributed by atoms with Gasteiger partial charge in [-0.3, -0.25) is 0 Å². The summed E-state index contributed by atoms with van der Waals surface area (Å²) in [7, 11) is 0. The third-order valence-corrected chi connectivity index (χ3v) is 1.55. The predicted octanol–water partition coefficient (Wildman–Crippen LogP) is 0.381. The summed E-state index contributed by atoms with van der Waals surface area (Å²) in [5.74, 6) is 0. The Morgan fingerprint density at radius 3 is 3.18 bits per heavy atom. The van der Waals surface area contributed by atoms with Crippen LogP contribution < -0.4 is 0 Å². The van der Waals surface area contributed by atoms with Crippen LogP contribution in [0.5, 0.6) is 0 Å². The first-order valence-electron chi connectivity index (χ1n) is 3.28. The molecular formula is C7H7N3O. The third-order valence-electron chi connectivity index (χ3n) is 1.55. The molecule has 0 fully saturated rings. The minimum Gasteiger partial charge on any atom is -0.376 e. The van der Waals surface area contributed by atoms with Crippen molar-refractivity contribution in [2.45, 2.75) is 6.73 Å². The van der Waals surface area contributed by atoms with Crippen LogP contribution in [0.1, 0.15) is 0 Å². The maximum absolute atomic E-state index is 8.82. The number of nitrogens with zero attached hydrogens (tertiary/aromatic N) is 3. The van der Waals surface area contributed by atoms with Gasteiger partial charge in [0.2, 0.25) is 0 Å². The number of aliphatic hydroxyl groups excluding tert-OH is 1. The fourth-order valence-electron chi connectivity index (χ4n) is 1.01. The molecule has 0 saturated carbocycles. The molecule has 0 aromatic carbocycles. The molecule has 2 rings (SSSR count). The van der Waals surface area contributed by atoms with Gasteiger partial charge >= 0.3 is 0 Å². The quantitative estimate of drug-likeness (QED) is 0.637. The second-order valence-corrected chi connectivity index (χ2v) is 2.20. The molecule has 56 valence electrons. The molecule has 0 saturated heterocycles. The smallest absolute Gasteiger partial charge is 0.177 e. The second-order valence-electron chi connectivity index (χ2n) is 2.20. The van der Waals surface area contributed by atoms with Crippen LogP contribution in [-0.2, 0) is 6.73 Å². The van der Waals surface area contributed by atoms with Crippen LogP contribution in [-0.4, -0.2) is 19.6 Å².